The van der Waals surface area contributed by atoms with Crippen LogP contribution in [0, 0.1) is 0 Å². The average Bonchev–Trinajstić information content (AvgIpc) is 3.18. The van der Waals surface area contributed by atoms with Gasteiger partial charge in [-0.1, -0.05) is 6.07 Å². The molecule has 0 atom stereocenters. The van der Waals surface area contributed by atoms with Crippen LogP contribution in [0.2, 0.25) is 0 Å². The number of aromatic nitrogens is 5. The Morgan fingerprint density at radius 1 is 1.17 bits per heavy atom. The molecule has 0 unspecified atom stereocenters. The summed E-state index contributed by atoms with van der Waals surface area (Å²) in [7, 11) is -1.79. The largest absolute Gasteiger partial charge is 0.497 e. The lowest BCUT2D eigenvalue weighted by atomic mass is 10.3. The maximum atomic E-state index is 11.6. The lowest BCUT2D eigenvalue weighted by molar-refractivity contribution is 0.414. The van der Waals surface area contributed by atoms with Gasteiger partial charge in [-0.3, -0.25) is 5.43 Å². The predicted molar refractivity (Wildman–Crippen MR) is 112 cm³/mol. The number of ether oxygens (including phenoxy) is 1. The van der Waals surface area contributed by atoms with Gasteiger partial charge in [0, 0.05) is 18.5 Å². The van der Waals surface area contributed by atoms with Crippen LogP contribution in [0.4, 0.5) is 5.82 Å². The number of anilines is 1. The Kier molecular flexibility index (Phi) is 5.11. The van der Waals surface area contributed by atoms with Crippen molar-refractivity contribution in [2.24, 2.45) is 5.10 Å². The standard InChI is InChI=1S/C19H17N7O3S/c1-29-15-5-3-4-14(9-15)26-19-16(11-24-26)18(21-12-22-19)25-23-10-13-6-7-20-17(8-13)30(2,27)28/h3-12H,1-2H3,(H,21,22,25). The Labute approximate surface area is 172 Å². The third-order valence-electron chi connectivity index (χ3n) is 4.19. The molecule has 0 aliphatic rings. The molecular formula is C19H17N7O3S. The SMILES string of the molecule is COc1cccc(-n2ncc3c(NN=Cc4ccnc(S(C)(=O)=O)c4)ncnc32)c1. The van der Waals surface area contributed by atoms with Gasteiger partial charge < -0.3 is 4.74 Å². The Morgan fingerprint density at radius 3 is 2.83 bits per heavy atom. The molecule has 0 saturated carbocycles. The number of fused-ring (bicyclic) bond motifs is 1. The molecule has 0 aliphatic heterocycles. The van der Waals surface area contributed by atoms with E-state index in [1.807, 2.05) is 24.3 Å². The highest BCUT2D eigenvalue weighted by Gasteiger charge is 2.12. The molecule has 1 aromatic carbocycles. The van der Waals surface area contributed by atoms with Gasteiger partial charge in [0.05, 0.1) is 30.6 Å². The van der Waals surface area contributed by atoms with E-state index in [2.05, 4.69) is 30.6 Å². The summed E-state index contributed by atoms with van der Waals surface area (Å²) in [5, 5.41) is 9.20. The lowest BCUT2D eigenvalue weighted by Gasteiger charge is -2.06. The fraction of sp³-hybridized carbons (Fsp3) is 0.105. The van der Waals surface area contributed by atoms with Crippen molar-refractivity contribution in [1.29, 1.82) is 0 Å². The summed E-state index contributed by atoms with van der Waals surface area (Å²) >= 11 is 0. The zero-order valence-corrected chi connectivity index (χ0v) is 16.9. The van der Waals surface area contributed by atoms with Gasteiger partial charge in [-0.25, -0.2) is 28.1 Å². The van der Waals surface area contributed by atoms with Gasteiger partial charge in [-0.2, -0.15) is 10.2 Å². The van der Waals surface area contributed by atoms with Crippen molar-refractivity contribution < 1.29 is 13.2 Å². The van der Waals surface area contributed by atoms with Crippen molar-refractivity contribution in [2.75, 3.05) is 18.8 Å². The van der Waals surface area contributed by atoms with Crippen molar-refractivity contribution in [3.63, 3.8) is 0 Å². The molecule has 11 heteroatoms. The molecule has 0 fully saturated rings. The number of pyridine rings is 1. The fourth-order valence-corrected chi connectivity index (χ4v) is 3.34. The number of nitrogens with one attached hydrogen (secondary N) is 1. The number of hydrogen-bond donors (Lipinski definition) is 1. The average molecular weight is 423 g/mol. The third-order valence-corrected chi connectivity index (χ3v) is 5.17. The van der Waals surface area contributed by atoms with Crippen molar-refractivity contribution in [3.8, 4) is 11.4 Å². The molecule has 152 valence electrons. The fourth-order valence-electron chi connectivity index (χ4n) is 2.74. The van der Waals surface area contributed by atoms with Crippen LogP contribution in [-0.4, -0.2) is 52.7 Å². The minimum absolute atomic E-state index is 0.0181. The van der Waals surface area contributed by atoms with Gasteiger partial charge in [0.15, 0.2) is 26.3 Å². The van der Waals surface area contributed by atoms with E-state index in [-0.39, 0.29) is 5.03 Å². The van der Waals surface area contributed by atoms with Crippen LogP contribution in [0.15, 0.2) is 65.2 Å². The first-order chi connectivity index (χ1) is 14.5. The molecule has 0 radical (unpaired) electrons. The molecule has 0 amide bonds. The first kappa shape index (κ1) is 19.5. The van der Waals surface area contributed by atoms with Crippen LogP contribution >= 0.6 is 0 Å². The van der Waals surface area contributed by atoms with Gasteiger partial charge in [0.2, 0.25) is 0 Å². The number of benzene rings is 1. The molecule has 3 aromatic heterocycles. The van der Waals surface area contributed by atoms with E-state index in [4.69, 9.17) is 4.74 Å². The van der Waals surface area contributed by atoms with E-state index in [0.717, 1.165) is 11.9 Å². The minimum atomic E-state index is -3.39. The highest BCUT2D eigenvalue weighted by atomic mass is 32.2. The zero-order chi connectivity index (χ0) is 21.1. The molecular weight excluding hydrogens is 406 g/mol. The van der Waals surface area contributed by atoms with E-state index in [1.165, 1.54) is 24.8 Å². The van der Waals surface area contributed by atoms with E-state index in [0.29, 0.717) is 28.2 Å². The number of hydrazone groups is 1. The monoisotopic (exact) mass is 423 g/mol. The molecule has 0 aliphatic carbocycles. The maximum absolute atomic E-state index is 11.6. The number of nitrogens with zero attached hydrogens (tertiary/aromatic N) is 6. The van der Waals surface area contributed by atoms with Crippen LogP contribution in [0.1, 0.15) is 5.56 Å². The van der Waals surface area contributed by atoms with Gasteiger partial charge >= 0.3 is 0 Å². The summed E-state index contributed by atoms with van der Waals surface area (Å²) in [6, 6.07) is 10.5. The lowest BCUT2D eigenvalue weighted by Crippen LogP contribution is -2.02. The summed E-state index contributed by atoms with van der Waals surface area (Å²) in [6.45, 7) is 0. The first-order valence-electron chi connectivity index (χ1n) is 8.74. The second kappa shape index (κ2) is 7.87. The van der Waals surface area contributed by atoms with Gasteiger partial charge in [-0.15, -0.1) is 0 Å². The quantitative estimate of drug-likeness (QED) is 0.369. The summed E-state index contributed by atoms with van der Waals surface area (Å²) < 4.78 is 30.2. The van der Waals surface area contributed by atoms with Gasteiger partial charge in [0.25, 0.3) is 0 Å². The maximum Gasteiger partial charge on any atom is 0.192 e. The molecule has 0 bridgehead atoms. The number of sulfone groups is 1. The van der Waals surface area contributed by atoms with Crippen molar-refractivity contribution in [1.82, 2.24) is 24.7 Å². The molecule has 30 heavy (non-hydrogen) atoms. The van der Waals surface area contributed by atoms with E-state index < -0.39 is 9.84 Å². The zero-order valence-electron chi connectivity index (χ0n) is 16.1. The van der Waals surface area contributed by atoms with Crippen LogP contribution in [0.5, 0.6) is 5.75 Å². The number of methoxy groups -OCH3 is 1. The van der Waals surface area contributed by atoms with Gasteiger partial charge in [-0.05, 0) is 29.8 Å². The Hall–Kier alpha value is -3.86. The minimum Gasteiger partial charge on any atom is -0.497 e. The number of rotatable bonds is 6. The normalized spacial score (nSPS) is 11.8. The summed E-state index contributed by atoms with van der Waals surface area (Å²) in [5.74, 6) is 1.17. The Balaban J connectivity index is 1.62. The predicted octanol–water partition coefficient (Wildman–Crippen LogP) is 2.07. The molecule has 3 heterocycles. The summed E-state index contributed by atoms with van der Waals surface area (Å²) in [5.41, 5.74) is 4.82. The highest BCUT2D eigenvalue weighted by molar-refractivity contribution is 7.90. The molecule has 10 nitrogen and oxygen atoms in total. The molecule has 4 aromatic rings. The smallest absolute Gasteiger partial charge is 0.192 e. The Bertz CT molecular complexity index is 1350. The van der Waals surface area contributed by atoms with E-state index in [9.17, 15) is 8.42 Å². The van der Waals surface area contributed by atoms with Crippen LogP contribution in [0.3, 0.4) is 0 Å². The molecule has 4 rings (SSSR count). The molecule has 1 N–H and O–H groups in total. The summed E-state index contributed by atoms with van der Waals surface area (Å²) in [6.07, 6.45) is 7.05. The second-order valence-corrected chi connectivity index (χ2v) is 8.25. The Morgan fingerprint density at radius 2 is 2.03 bits per heavy atom. The van der Waals surface area contributed by atoms with Crippen molar-refractivity contribution in [2.45, 2.75) is 5.03 Å². The van der Waals surface area contributed by atoms with Crippen molar-refractivity contribution in [3.05, 3.63) is 60.7 Å². The topological polar surface area (TPSA) is 124 Å². The number of hydrogen-bond acceptors (Lipinski definition) is 9. The first-order valence-corrected chi connectivity index (χ1v) is 10.6. The van der Waals surface area contributed by atoms with Gasteiger partial charge in [0.1, 0.15) is 12.1 Å². The van der Waals surface area contributed by atoms with Crippen LogP contribution in [-0.2, 0) is 9.84 Å². The van der Waals surface area contributed by atoms with Crippen LogP contribution < -0.4 is 10.2 Å². The van der Waals surface area contributed by atoms with Crippen molar-refractivity contribution >= 4 is 32.9 Å². The second-order valence-electron chi connectivity index (χ2n) is 6.29. The highest BCUT2D eigenvalue weighted by Crippen LogP contribution is 2.23. The van der Waals surface area contributed by atoms with E-state index >= 15 is 0 Å². The molecule has 0 spiro atoms. The summed E-state index contributed by atoms with van der Waals surface area (Å²) in [4.78, 5) is 12.4. The molecule has 0 saturated heterocycles. The van der Waals surface area contributed by atoms with E-state index in [1.54, 1.807) is 24.1 Å². The van der Waals surface area contributed by atoms with Crippen LogP contribution in [0.25, 0.3) is 16.7 Å². The third kappa shape index (κ3) is 3.96.